The van der Waals surface area contributed by atoms with Crippen LogP contribution in [0, 0.1) is 0 Å². The quantitative estimate of drug-likeness (QED) is 0.548. The van der Waals surface area contributed by atoms with Gasteiger partial charge in [-0.2, -0.15) is 0 Å². The van der Waals surface area contributed by atoms with E-state index < -0.39 is 48.6 Å². The Bertz CT molecular complexity index is 365. The van der Waals surface area contributed by atoms with E-state index in [1.165, 1.54) is 13.8 Å². The van der Waals surface area contributed by atoms with Crippen LogP contribution in [0.15, 0.2) is 0 Å². The normalized spacial score (nSPS) is 33.1. The van der Waals surface area contributed by atoms with Gasteiger partial charge in [-0.3, -0.25) is 14.4 Å². The van der Waals surface area contributed by atoms with Crippen molar-refractivity contribution in [1.29, 1.82) is 0 Å². The van der Waals surface area contributed by atoms with Gasteiger partial charge in [0.05, 0.1) is 6.10 Å². The molecular formula is C12H18O8. The predicted molar refractivity (Wildman–Crippen MR) is 63.2 cm³/mol. The Morgan fingerprint density at radius 3 is 1.70 bits per heavy atom. The number of carbonyl (C=O) groups excluding carboxylic acids is 3. The molecule has 0 bridgehead atoms. The van der Waals surface area contributed by atoms with Gasteiger partial charge in [0.1, 0.15) is 0 Å². The summed E-state index contributed by atoms with van der Waals surface area (Å²) in [6.07, 6.45) is -5.60. The summed E-state index contributed by atoms with van der Waals surface area (Å²) in [6.45, 7) is 5.01. The molecule has 1 N–H and O–H groups in total. The summed E-state index contributed by atoms with van der Waals surface area (Å²) < 4.78 is 20.1. The van der Waals surface area contributed by atoms with Crippen LogP contribution in [-0.4, -0.2) is 53.7 Å². The Balaban J connectivity index is 3.01. The van der Waals surface area contributed by atoms with Crippen molar-refractivity contribution < 1.29 is 38.4 Å². The number of aliphatic hydroxyl groups is 1. The van der Waals surface area contributed by atoms with Gasteiger partial charge in [-0.25, -0.2) is 0 Å². The fourth-order valence-electron chi connectivity index (χ4n) is 1.99. The smallest absolute Gasteiger partial charge is 0.303 e. The molecule has 20 heavy (non-hydrogen) atoms. The zero-order valence-corrected chi connectivity index (χ0v) is 11.7. The second-order valence-electron chi connectivity index (χ2n) is 4.45. The number of aliphatic hydroxyl groups excluding tert-OH is 1. The lowest BCUT2D eigenvalue weighted by atomic mass is 9.99. The predicted octanol–water partition coefficient (Wildman–Crippen LogP) is -0.481. The van der Waals surface area contributed by atoms with E-state index in [0.29, 0.717) is 0 Å². The molecule has 1 aliphatic heterocycles. The lowest BCUT2D eigenvalue weighted by Crippen LogP contribution is -2.60. The average molecular weight is 290 g/mol. The molecule has 1 unspecified atom stereocenters. The Hall–Kier alpha value is -1.67. The van der Waals surface area contributed by atoms with Crippen molar-refractivity contribution in [3.63, 3.8) is 0 Å². The summed E-state index contributed by atoms with van der Waals surface area (Å²) >= 11 is 0. The Labute approximate surface area is 115 Å². The molecule has 0 amide bonds. The SMILES string of the molecule is CC(=O)O[C@@H]1[C@@H](OC(C)=O)[C@@H](OC(C)=O)C(O)O[C@H]1C. The molecule has 1 saturated heterocycles. The summed E-state index contributed by atoms with van der Waals surface area (Å²) in [5.74, 6) is -1.96. The third kappa shape index (κ3) is 4.17. The second-order valence-corrected chi connectivity index (χ2v) is 4.45. The van der Waals surface area contributed by atoms with Crippen LogP contribution < -0.4 is 0 Å². The van der Waals surface area contributed by atoms with Crippen molar-refractivity contribution in [3.05, 3.63) is 0 Å². The number of esters is 3. The highest BCUT2D eigenvalue weighted by Gasteiger charge is 2.49. The van der Waals surface area contributed by atoms with Crippen molar-refractivity contribution in [2.45, 2.75) is 58.4 Å². The fraction of sp³-hybridized carbons (Fsp3) is 0.750. The Morgan fingerprint density at radius 1 is 0.850 bits per heavy atom. The lowest BCUT2D eigenvalue weighted by molar-refractivity contribution is -0.288. The highest BCUT2D eigenvalue weighted by Crippen LogP contribution is 2.27. The number of rotatable bonds is 3. The molecule has 8 heteroatoms. The van der Waals surface area contributed by atoms with Crippen LogP contribution in [-0.2, 0) is 33.3 Å². The van der Waals surface area contributed by atoms with Crippen molar-refractivity contribution in [1.82, 2.24) is 0 Å². The van der Waals surface area contributed by atoms with E-state index >= 15 is 0 Å². The fourth-order valence-corrected chi connectivity index (χ4v) is 1.99. The third-order valence-corrected chi connectivity index (χ3v) is 2.65. The maximum Gasteiger partial charge on any atom is 0.303 e. The van der Waals surface area contributed by atoms with Crippen LogP contribution in [0.4, 0.5) is 0 Å². The summed E-state index contributed by atoms with van der Waals surface area (Å²) in [6, 6.07) is 0. The van der Waals surface area contributed by atoms with Crippen molar-refractivity contribution in [2.24, 2.45) is 0 Å². The minimum Gasteiger partial charge on any atom is -0.456 e. The number of ether oxygens (including phenoxy) is 4. The van der Waals surface area contributed by atoms with Gasteiger partial charge in [-0.05, 0) is 6.92 Å². The van der Waals surface area contributed by atoms with Crippen LogP contribution in [0.25, 0.3) is 0 Å². The molecule has 0 radical (unpaired) electrons. The van der Waals surface area contributed by atoms with E-state index in [1.54, 1.807) is 0 Å². The first-order valence-electron chi connectivity index (χ1n) is 6.07. The molecule has 0 spiro atoms. The summed E-state index contributed by atoms with van der Waals surface area (Å²) in [5, 5.41) is 9.79. The zero-order valence-electron chi connectivity index (χ0n) is 11.7. The van der Waals surface area contributed by atoms with Crippen LogP contribution in [0.1, 0.15) is 27.7 Å². The monoisotopic (exact) mass is 290 g/mol. The van der Waals surface area contributed by atoms with Crippen LogP contribution in [0.5, 0.6) is 0 Å². The highest BCUT2D eigenvalue weighted by molar-refractivity contribution is 5.68. The molecule has 0 aromatic rings. The van der Waals surface area contributed by atoms with Gasteiger partial charge in [0.15, 0.2) is 24.6 Å². The molecule has 0 aliphatic carbocycles. The second kappa shape index (κ2) is 6.67. The van der Waals surface area contributed by atoms with E-state index in [4.69, 9.17) is 18.9 Å². The van der Waals surface area contributed by atoms with E-state index in [1.807, 2.05) is 0 Å². The summed E-state index contributed by atoms with van der Waals surface area (Å²) in [4.78, 5) is 33.3. The average Bonchev–Trinajstić information content (AvgIpc) is 2.27. The summed E-state index contributed by atoms with van der Waals surface area (Å²) in [7, 11) is 0. The van der Waals surface area contributed by atoms with Crippen molar-refractivity contribution in [3.8, 4) is 0 Å². The Kier molecular flexibility index (Phi) is 5.46. The van der Waals surface area contributed by atoms with Gasteiger partial charge in [-0.1, -0.05) is 0 Å². The zero-order chi connectivity index (χ0) is 15.4. The molecule has 1 aliphatic rings. The topological polar surface area (TPSA) is 108 Å². The van der Waals surface area contributed by atoms with Crippen molar-refractivity contribution >= 4 is 17.9 Å². The molecule has 5 atom stereocenters. The van der Waals surface area contributed by atoms with Crippen LogP contribution in [0.3, 0.4) is 0 Å². The molecule has 1 heterocycles. The number of carbonyl (C=O) groups is 3. The van der Waals surface area contributed by atoms with Gasteiger partial charge in [-0.15, -0.1) is 0 Å². The maximum absolute atomic E-state index is 11.2. The molecule has 1 fully saturated rings. The largest absolute Gasteiger partial charge is 0.456 e. The van der Waals surface area contributed by atoms with Gasteiger partial charge in [0.2, 0.25) is 0 Å². The standard InChI is InChI=1S/C12H18O8/c1-5-9(18-6(2)13)10(19-7(3)14)11(12(16)17-5)20-8(4)15/h5,9-12,16H,1-4H3/t5-,9-,10+,11+,12?/m0/s1. The van der Waals surface area contributed by atoms with E-state index in [-0.39, 0.29) is 0 Å². The molecule has 114 valence electrons. The van der Waals surface area contributed by atoms with Gasteiger partial charge in [0, 0.05) is 20.8 Å². The number of hydrogen-bond acceptors (Lipinski definition) is 8. The molecule has 0 aromatic heterocycles. The van der Waals surface area contributed by atoms with E-state index in [2.05, 4.69) is 0 Å². The minimum atomic E-state index is -1.48. The van der Waals surface area contributed by atoms with Crippen molar-refractivity contribution in [2.75, 3.05) is 0 Å². The molecule has 0 saturated carbocycles. The minimum absolute atomic E-state index is 0.611. The van der Waals surface area contributed by atoms with Gasteiger partial charge >= 0.3 is 17.9 Å². The van der Waals surface area contributed by atoms with Crippen LogP contribution >= 0.6 is 0 Å². The molecule has 8 nitrogen and oxygen atoms in total. The first-order valence-corrected chi connectivity index (χ1v) is 6.07. The maximum atomic E-state index is 11.2. The number of hydrogen-bond donors (Lipinski definition) is 1. The molecular weight excluding hydrogens is 272 g/mol. The first-order chi connectivity index (χ1) is 9.22. The van der Waals surface area contributed by atoms with Gasteiger partial charge in [0.25, 0.3) is 0 Å². The summed E-state index contributed by atoms with van der Waals surface area (Å²) in [5.41, 5.74) is 0. The molecule has 1 rings (SSSR count). The van der Waals surface area contributed by atoms with Gasteiger partial charge < -0.3 is 24.1 Å². The van der Waals surface area contributed by atoms with E-state index in [9.17, 15) is 19.5 Å². The Morgan fingerprint density at radius 2 is 1.25 bits per heavy atom. The van der Waals surface area contributed by atoms with Crippen LogP contribution in [0.2, 0.25) is 0 Å². The lowest BCUT2D eigenvalue weighted by Gasteiger charge is -2.41. The third-order valence-electron chi connectivity index (χ3n) is 2.65. The highest BCUT2D eigenvalue weighted by atomic mass is 16.7. The first kappa shape index (κ1) is 16.4. The molecule has 0 aromatic carbocycles. The van der Waals surface area contributed by atoms with E-state index in [0.717, 1.165) is 13.8 Å².